The lowest BCUT2D eigenvalue weighted by Gasteiger charge is -2.28. The number of hydrogen-bond donors (Lipinski definition) is 3. The molecule has 158 valence electrons. The van der Waals surface area contributed by atoms with Crippen LogP contribution in [-0.2, 0) is 14.4 Å². The fraction of sp³-hybridized carbons (Fsp3) is 0.833. The van der Waals surface area contributed by atoms with Crippen LogP contribution in [0.15, 0.2) is 0 Å². The summed E-state index contributed by atoms with van der Waals surface area (Å²) in [6.07, 6.45) is 3.79. The highest BCUT2D eigenvalue weighted by molar-refractivity contribution is 5.69. The zero-order valence-corrected chi connectivity index (χ0v) is 16.6. The van der Waals surface area contributed by atoms with Crippen molar-refractivity contribution in [2.45, 2.75) is 39.5 Å². The van der Waals surface area contributed by atoms with Gasteiger partial charge >= 0.3 is 17.9 Å². The van der Waals surface area contributed by atoms with Crippen molar-refractivity contribution in [1.29, 1.82) is 0 Å². The predicted molar refractivity (Wildman–Crippen MR) is 102 cm³/mol. The van der Waals surface area contributed by atoms with Gasteiger partial charge in [-0.2, -0.15) is 0 Å². The van der Waals surface area contributed by atoms with E-state index < -0.39 is 17.9 Å². The first-order valence-electron chi connectivity index (χ1n) is 9.60. The largest absolute Gasteiger partial charge is 0.480 e. The van der Waals surface area contributed by atoms with Crippen molar-refractivity contribution in [3.8, 4) is 0 Å². The summed E-state index contributed by atoms with van der Waals surface area (Å²) in [5, 5.41) is 27.2. The minimum atomic E-state index is -0.953. The van der Waals surface area contributed by atoms with E-state index in [1.807, 2.05) is 11.8 Å². The smallest absolute Gasteiger partial charge is 0.317 e. The third-order valence-corrected chi connectivity index (χ3v) is 4.16. The van der Waals surface area contributed by atoms with E-state index in [9.17, 15) is 14.4 Å². The second-order valence-corrected chi connectivity index (χ2v) is 6.72. The molecule has 0 bridgehead atoms. The SMILES string of the molecule is CCCCCN(CCN(CCN(CCC)CC(=O)O)CC(=O)O)CC(=O)O. The molecule has 27 heavy (non-hydrogen) atoms. The molecule has 9 heteroatoms. The first-order chi connectivity index (χ1) is 12.8. The summed E-state index contributed by atoms with van der Waals surface area (Å²) in [5.74, 6) is -2.75. The molecule has 0 aromatic rings. The third-order valence-electron chi connectivity index (χ3n) is 4.16. The first kappa shape index (κ1) is 25.3. The zero-order chi connectivity index (χ0) is 20.7. The van der Waals surface area contributed by atoms with Gasteiger partial charge in [0.1, 0.15) is 0 Å². The quantitative estimate of drug-likeness (QED) is 0.291. The highest BCUT2D eigenvalue weighted by Crippen LogP contribution is 2.01. The molecule has 0 aliphatic carbocycles. The molecule has 0 aromatic carbocycles. The summed E-state index contributed by atoms with van der Waals surface area (Å²) in [6.45, 7) is 6.84. The molecule has 0 aliphatic rings. The van der Waals surface area contributed by atoms with E-state index in [2.05, 4.69) is 6.92 Å². The predicted octanol–water partition coefficient (Wildman–Crippen LogP) is 0.746. The summed E-state index contributed by atoms with van der Waals surface area (Å²) in [6, 6.07) is 0. The van der Waals surface area contributed by atoms with Gasteiger partial charge in [-0.15, -0.1) is 0 Å². The van der Waals surface area contributed by atoms with Crippen molar-refractivity contribution in [1.82, 2.24) is 14.7 Å². The summed E-state index contributed by atoms with van der Waals surface area (Å²) in [4.78, 5) is 38.5. The van der Waals surface area contributed by atoms with Crippen LogP contribution in [0, 0.1) is 0 Å². The highest BCUT2D eigenvalue weighted by atomic mass is 16.4. The van der Waals surface area contributed by atoms with Gasteiger partial charge in [-0.05, 0) is 25.9 Å². The Hall–Kier alpha value is -1.71. The van der Waals surface area contributed by atoms with Gasteiger partial charge in [-0.3, -0.25) is 29.1 Å². The molecule has 0 aromatic heterocycles. The van der Waals surface area contributed by atoms with E-state index in [1.54, 1.807) is 9.80 Å². The molecule has 0 heterocycles. The monoisotopic (exact) mass is 389 g/mol. The van der Waals surface area contributed by atoms with E-state index in [4.69, 9.17) is 15.3 Å². The van der Waals surface area contributed by atoms with Crippen LogP contribution in [0.5, 0.6) is 0 Å². The number of nitrogens with zero attached hydrogens (tertiary/aromatic N) is 3. The van der Waals surface area contributed by atoms with Crippen molar-refractivity contribution >= 4 is 17.9 Å². The first-order valence-corrected chi connectivity index (χ1v) is 9.60. The lowest BCUT2D eigenvalue weighted by Crippen LogP contribution is -2.44. The van der Waals surface area contributed by atoms with Crippen LogP contribution in [0.4, 0.5) is 0 Å². The molecule has 0 atom stereocenters. The Morgan fingerprint density at radius 2 is 0.926 bits per heavy atom. The highest BCUT2D eigenvalue weighted by Gasteiger charge is 2.16. The average molecular weight is 389 g/mol. The van der Waals surface area contributed by atoms with Gasteiger partial charge in [0.2, 0.25) is 0 Å². The van der Waals surface area contributed by atoms with Gasteiger partial charge in [0.25, 0.3) is 0 Å². The maximum absolute atomic E-state index is 11.1. The summed E-state index contributed by atoms with van der Waals surface area (Å²) >= 11 is 0. The molecule has 0 fully saturated rings. The van der Waals surface area contributed by atoms with Gasteiger partial charge in [0.15, 0.2) is 0 Å². The molecule has 0 spiro atoms. The minimum Gasteiger partial charge on any atom is -0.480 e. The lowest BCUT2D eigenvalue weighted by molar-refractivity contribution is -0.140. The summed E-state index contributed by atoms with van der Waals surface area (Å²) in [7, 11) is 0. The number of hydrogen-bond acceptors (Lipinski definition) is 6. The summed E-state index contributed by atoms with van der Waals surface area (Å²) < 4.78 is 0. The molecule has 0 amide bonds. The van der Waals surface area contributed by atoms with Crippen molar-refractivity contribution in [3.05, 3.63) is 0 Å². The Morgan fingerprint density at radius 3 is 1.26 bits per heavy atom. The molecule has 0 rings (SSSR count). The fourth-order valence-electron chi connectivity index (χ4n) is 2.85. The van der Waals surface area contributed by atoms with Crippen molar-refractivity contribution in [2.75, 3.05) is 58.9 Å². The van der Waals surface area contributed by atoms with E-state index in [0.29, 0.717) is 39.3 Å². The van der Waals surface area contributed by atoms with Crippen LogP contribution >= 0.6 is 0 Å². The molecular formula is C18H35N3O6. The number of carboxylic acid groups (broad SMARTS) is 3. The number of carboxylic acids is 3. The second-order valence-electron chi connectivity index (χ2n) is 6.72. The second kappa shape index (κ2) is 15.4. The van der Waals surface area contributed by atoms with E-state index in [1.165, 1.54) is 0 Å². The molecule has 9 nitrogen and oxygen atoms in total. The lowest BCUT2D eigenvalue weighted by atomic mass is 10.2. The van der Waals surface area contributed by atoms with Crippen LogP contribution in [0.2, 0.25) is 0 Å². The van der Waals surface area contributed by atoms with E-state index in [-0.39, 0.29) is 19.6 Å². The molecule has 0 radical (unpaired) electrons. The Morgan fingerprint density at radius 1 is 0.556 bits per heavy atom. The van der Waals surface area contributed by atoms with Gasteiger partial charge in [0.05, 0.1) is 19.6 Å². The van der Waals surface area contributed by atoms with Crippen LogP contribution in [-0.4, -0.2) is 107 Å². The molecule has 0 unspecified atom stereocenters. The van der Waals surface area contributed by atoms with Crippen molar-refractivity contribution < 1.29 is 29.7 Å². The maximum atomic E-state index is 11.1. The Balaban J connectivity index is 4.67. The van der Waals surface area contributed by atoms with Crippen LogP contribution in [0.1, 0.15) is 39.5 Å². The Labute approximate surface area is 161 Å². The standard InChI is InChI=1S/C18H35N3O6/c1-3-5-6-8-20(14-17(24)25)10-12-21(15-18(26)27)11-9-19(7-4-2)13-16(22)23/h3-15H2,1-2H3,(H,22,23)(H,24,25)(H,26,27). The van der Waals surface area contributed by atoms with Gasteiger partial charge < -0.3 is 15.3 Å². The van der Waals surface area contributed by atoms with Gasteiger partial charge in [0, 0.05) is 26.2 Å². The number of carbonyl (C=O) groups is 3. The molecule has 0 aliphatic heterocycles. The summed E-state index contributed by atoms with van der Waals surface area (Å²) in [5.41, 5.74) is 0. The van der Waals surface area contributed by atoms with E-state index >= 15 is 0 Å². The average Bonchev–Trinajstić information content (AvgIpc) is 2.55. The van der Waals surface area contributed by atoms with Crippen molar-refractivity contribution in [2.24, 2.45) is 0 Å². The minimum absolute atomic E-state index is 0.0639. The Bertz CT molecular complexity index is 447. The molecular weight excluding hydrogens is 354 g/mol. The van der Waals surface area contributed by atoms with Gasteiger partial charge in [-0.1, -0.05) is 26.7 Å². The maximum Gasteiger partial charge on any atom is 0.317 e. The van der Waals surface area contributed by atoms with Gasteiger partial charge in [-0.25, -0.2) is 0 Å². The third kappa shape index (κ3) is 15.1. The van der Waals surface area contributed by atoms with E-state index in [0.717, 1.165) is 25.7 Å². The zero-order valence-electron chi connectivity index (χ0n) is 16.6. The number of unbranched alkanes of at least 4 members (excludes halogenated alkanes) is 2. The Kier molecular flexibility index (Phi) is 14.4. The normalized spacial score (nSPS) is 11.4. The van der Waals surface area contributed by atoms with Crippen LogP contribution < -0.4 is 0 Å². The van der Waals surface area contributed by atoms with Crippen molar-refractivity contribution in [3.63, 3.8) is 0 Å². The molecule has 0 saturated carbocycles. The molecule has 3 N–H and O–H groups in total. The fourth-order valence-corrected chi connectivity index (χ4v) is 2.85. The van der Waals surface area contributed by atoms with Crippen LogP contribution in [0.3, 0.4) is 0 Å². The number of aliphatic carboxylic acids is 3. The van der Waals surface area contributed by atoms with Crippen LogP contribution in [0.25, 0.3) is 0 Å². The number of rotatable bonds is 18. The molecule has 0 saturated heterocycles. The topological polar surface area (TPSA) is 122 Å².